The van der Waals surface area contributed by atoms with E-state index in [4.69, 9.17) is 10.7 Å². The molecule has 23 heavy (non-hydrogen) atoms. The van der Waals surface area contributed by atoms with Crippen molar-refractivity contribution in [1.82, 2.24) is 5.32 Å². The second-order valence-electron chi connectivity index (χ2n) is 6.26. The summed E-state index contributed by atoms with van der Waals surface area (Å²) in [5.74, 6) is 1.03. The number of aryl methyl sites for hydroxylation is 1. The lowest BCUT2D eigenvalue weighted by molar-refractivity contribution is 0.412. The van der Waals surface area contributed by atoms with Crippen molar-refractivity contribution in [1.29, 1.82) is 0 Å². The largest absolute Gasteiger partial charge is 0.383 e. The second kappa shape index (κ2) is 6.85. The van der Waals surface area contributed by atoms with Crippen LogP contribution in [0.2, 0.25) is 0 Å². The summed E-state index contributed by atoms with van der Waals surface area (Å²) in [7, 11) is 0. The van der Waals surface area contributed by atoms with E-state index in [9.17, 15) is 0 Å². The summed E-state index contributed by atoms with van der Waals surface area (Å²) in [5, 5.41) is 3.51. The van der Waals surface area contributed by atoms with Crippen molar-refractivity contribution >= 4 is 5.84 Å². The first-order chi connectivity index (χ1) is 11.1. The minimum Gasteiger partial charge on any atom is -0.383 e. The van der Waals surface area contributed by atoms with Gasteiger partial charge in [0.05, 0.1) is 11.6 Å². The number of nitrogens with zero attached hydrogens (tertiary/aromatic N) is 1. The number of piperidine rings is 1. The van der Waals surface area contributed by atoms with E-state index in [0.29, 0.717) is 11.8 Å². The Labute approximate surface area is 138 Å². The van der Waals surface area contributed by atoms with Gasteiger partial charge in [-0.25, -0.2) is 0 Å². The predicted molar refractivity (Wildman–Crippen MR) is 94.8 cm³/mol. The Morgan fingerprint density at radius 2 is 2.09 bits per heavy atom. The molecule has 0 spiro atoms. The van der Waals surface area contributed by atoms with Crippen molar-refractivity contribution in [2.75, 3.05) is 13.1 Å². The highest BCUT2D eigenvalue weighted by atomic mass is 15.0. The Kier molecular flexibility index (Phi) is 4.64. The van der Waals surface area contributed by atoms with E-state index < -0.39 is 0 Å². The molecule has 3 rings (SSSR count). The molecule has 2 aromatic rings. The highest BCUT2D eigenvalue weighted by molar-refractivity contribution is 5.96. The van der Waals surface area contributed by atoms with Crippen LogP contribution in [0.5, 0.6) is 0 Å². The molecule has 0 saturated carbocycles. The molecule has 2 atom stereocenters. The Hall–Kier alpha value is -2.31. The summed E-state index contributed by atoms with van der Waals surface area (Å²) >= 11 is 0. The zero-order valence-corrected chi connectivity index (χ0v) is 13.8. The maximum absolute atomic E-state index is 6.13. The van der Waals surface area contributed by atoms with Crippen LogP contribution in [0.15, 0.2) is 41.4 Å². The first kappa shape index (κ1) is 15.6. The van der Waals surface area contributed by atoms with E-state index in [1.807, 2.05) is 18.2 Å². The van der Waals surface area contributed by atoms with E-state index in [-0.39, 0.29) is 6.04 Å². The van der Waals surface area contributed by atoms with Gasteiger partial charge in [-0.2, -0.15) is 0 Å². The summed E-state index contributed by atoms with van der Waals surface area (Å²) in [6.45, 7) is 6.26. The average molecular weight is 305 g/mol. The standard InChI is InChI=1S/C20H23N3/c1-14-7-6-10-19(15(14)2)17-11-18(13-22-12-17)23-20(21)16-8-4-3-5-9-16/h3-4,6-8,10,17-18,22H,11-13H2,1-2H3,(H2,21,23). The molecule has 1 aliphatic heterocycles. The number of rotatable bonds is 3. The third-order valence-electron chi connectivity index (χ3n) is 4.66. The Balaban J connectivity index is 1.77. The summed E-state index contributed by atoms with van der Waals surface area (Å²) in [4.78, 5) is 4.71. The normalized spacial score (nSPS) is 21.7. The molecule has 1 heterocycles. The molecule has 0 aliphatic carbocycles. The number of hydrogen-bond acceptors (Lipinski definition) is 2. The van der Waals surface area contributed by atoms with Gasteiger partial charge in [-0.05, 0) is 55.0 Å². The third kappa shape index (κ3) is 3.55. The zero-order chi connectivity index (χ0) is 16.2. The first-order valence-electron chi connectivity index (χ1n) is 8.14. The molecule has 1 aliphatic rings. The molecule has 0 radical (unpaired) electrons. The molecule has 0 amide bonds. The van der Waals surface area contributed by atoms with Crippen LogP contribution in [-0.2, 0) is 0 Å². The smallest absolute Gasteiger partial charge is 0.134 e. The lowest BCUT2D eigenvalue weighted by Crippen LogP contribution is -2.38. The van der Waals surface area contributed by atoms with E-state index in [1.165, 1.54) is 16.7 Å². The lowest BCUT2D eigenvalue weighted by Gasteiger charge is -2.29. The molecular weight excluding hydrogens is 282 g/mol. The molecule has 3 N–H and O–H groups in total. The van der Waals surface area contributed by atoms with E-state index in [2.05, 4.69) is 49.5 Å². The Morgan fingerprint density at radius 3 is 2.87 bits per heavy atom. The maximum atomic E-state index is 6.13. The van der Waals surface area contributed by atoms with Crippen LogP contribution >= 0.6 is 0 Å². The van der Waals surface area contributed by atoms with Gasteiger partial charge in [0, 0.05) is 13.1 Å². The number of aliphatic imine (C=N–C) groups is 1. The highest BCUT2D eigenvalue weighted by Gasteiger charge is 2.24. The fourth-order valence-electron chi connectivity index (χ4n) is 3.24. The van der Waals surface area contributed by atoms with Gasteiger partial charge in [-0.1, -0.05) is 36.4 Å². The van der Waals surface area contributed by atoms with Crippen LogP contribution in [-0.4, -0.2) is 25.0 Å². The molecule has 1 saturated heterocycles. The molecule has 2 aromatic carbocycles. The minimum absolute atomic E-state index is 0.197. The van der Waals surface area contributed by atoms with Gasteiger partial charge in [-0.3, -0.25) is 4.99 Å². The summed E-state index contributed by atoms with van der Waals surface area (Å²) in [5.41, 5.74) is 11.1. The van der Waals surface area contributed by atoms with Gasteiger partial charge in [-0.15, -0.1) is 0 Å². The van der Waals surface area contributed by atoms with Crippen LogP contribution in [0.1, 0.15) is 34.6 Å². The molecule has 118 valence electrons. The van der Waals surface area contributed by atoms with Crippen LogP contribution in [0.3, 0.4) is 0 Å². The minimum atomic E-state index is 0.197. The topological polar surface area (TPSA) is 50.4 Å². The van der Waals surface area contributed by atoms with Crippen LogP contribution in [0.4, 0.5) is 0 Å². The molecule has 0 aromatic heterocycles. The average Bonchev–Trinajstić information content (AvgIpc) is 2.58. The van der Waals surface area contributed by atoms with Crippen molar-refractivity contribution < 1.29 is 0 Å². The SMILES string of the molecule is Cc1cccc(C2CNCC(N=C(N)c3c#cccc3)C2)c1C. The number of benzene rings is 1. The zero-order valence-electron chi connectivity index (χ0n) is 13.8. The maximum Gasteiger partial charge on any atom is 0.134 e. The Morgan fingerprint density at radius 1 is 1.22 bits per heavy atom. The van der Waals surface area contributed by atoms with Crippen molar-refractivity contribution in [3.8, 4) is 0 Å². The van der Waals surface area contributed by atoms with Gasteiger partial charge in [0.1, 0.15) is 5.84 Å². The van der Waals surface area contributed by atoms with Crippen LogP contribution < -0.4 is 11.1 Å². The van der Waals surface area contributed by atoms with Crippen molar-refractivity contribution in [3.63, 3.8) is 0 Å². The van der Waals surface area contributed by atoms with Crippen LogP contribution in [0, 0.1) is 26.0 Å². The van der Waals surface area contributed by atoms with Gasteiger partial charge >= 0.3 is 0 Å². The summed E-state index contributed by atoms with van der Waals surface area (Å²) in [6.07, 6.45) is 1.02. The van der Waals surface area contributed by atoms with Crippen molar-refractivity contribution in [2.24, 2.45) is 10.7 Å². The lowest BCUT2D eigenvalue weighted by atomic mass is 9.85. The van der Waals surface area contributed by atoms with Crippen LogP contribution in [0.25, 0.3) is 0 Å². The third-order valence-corrected chi connectivity index (χ3v) is 4.66. The monoisotopic (exact) mass is 305 g/mol. The van der Waals surface area contributed by atoms with Gasteiger partial charge in [0.25, 0.3) is 0 Å². The van der Waals surface area contributed by atoms with Crippen molar-refractivity contribution in [3.05, 3.63) is 70.8 Å². The molecular formula is C20H23N3. The summed E-state index contributed by atoms with van der Waals surface area (Å²) < 4.78 is 0. The first-order valence-corrected chi connectivity index (χ1v) is 8.14. The van der Waals surface area contributed by atoms with E-state index in [0.717, 1.165) is 25.1 Å². The number of hydrogen-bond donors (Lipinski definition) is 2. The van der Waals surface area contributed by atoms with Gasteiger partial charge < -0.3 is 11.1 Å². The molecule has 1 fully saturated rings. The second-order valence-corrected chi connectivity index (χ2v) is 6.26. The van der Waals surface area contributed by atoms with E-state index >= 15 is 0 Å². The number of nitrogens with two attached hydrogens (primary N) is 1. The molecule has 3 heteroatoms. The van der Waals surface area contributed by atoms with Crippen molar-refractivity contribution in [2.45, 2.75) is 32.2 Å². The molecule has 3 nitrogen and oxygen atoms in total. The Bertz CT molecular complexity index is 691. The fraction of sp³-hybridized carbons (Fsp3) is 0.350. The van der Waals surface area contributed by atoms with E-state index in [1.54, 1.807) is 0 Å². The number of nitrogens with one attached hydrogen (secondary N) is 1. The van der Waals surface area contributed by atoms with Gasteiger partial charge in [0.2, 0.25) is 0 Å². The molecule has 0 bridgehead atoms. The van der Waals surface area contributed by atoms with Gasteiger partial charge in [0.15, 0.2) is 0 Å². The predicted octanol–water partition coefficient (Wildman–Crippen LogP) is 2.75. The highest BCUT2D eigenvalue weighted by Crippen LogP contribution is 2.28. The fourth-order valence-corrected chi connectivity index (χ4v) is 3.24. The number of amidine groups is 1. The molecule has 2 unspecified atom stereocenters. The quantitative estimate of drug-likeness (QED) is 0.677. The summed E-state index contributed by atoms with van der Waals surface area (Å²) in [6, 6.07) is 18.3.